The molecule has 0 spiro atoms. The molecule has 0 aliphatic heterocycles. The van der Waals surface area contributed by atoms with Gasteiger partial charge in [0, 0.05) is 47.4 Å². The quantitative estimate of drug-likeness (QED) is 0.0948. The predicted molar refractivity (Wildman–Crippen MR) is 208 cm³/mol. The molecule has 10 nitrogen and oxygen atoms in total. The van der Waals surface area contributed by atoms with Gasteiger partial charge in [0.15, 0.2) is 34.6 Å². The summed E-state index contributed by atoms with van der Waals surface area (Å²) in [6.07, 6.45) is 4.48. The maximum absolute atomic E-state index is 13.5. The Morgan fingerprint density at radius 2 is 1.15 bits per heavy atom. The Bertz CT molecular complexity index is 2120. The van der Waals surface area contributed by atoms with Crippen LogP contribution in [-0.4, -0.2) is 62.2 Å². The second kappa shape index (κ2) is 17.2. The van der Waals surface area contributed by atoms with Crippen LogP contribution in [-0.2, 0) is 28.9 Å². The lowest BCUT2D eigenvalue weighted by molar-refractivity contribution is -0.143. The third-order valence-corrected chi connectivity index (χ3v) is 11.2. The first kappa shape index (κ1) is 39.1. The molecule has 0 amide bonds. The van der Waals surface area contributed by atoms with Crippen LogP contribution in [0.3, 0.4) is 0 Å². The third kappa shape index (κ3) is 7.81. The fourth-order valence-corrected chi connectivity index (χ4v) is 8.71. The van der Waals surface area contributed by atoms with Gasteiger partial charge >= 0.3 is 11.9 Å². The van der Waals surface area contributed by atoms with Gasteiger partial charge in [-0.05, 0) is 90.5 Å². The van der Waals surface area contributed by atoms with E-state index in [0.717, 1.165) is 44.5 Å². The van der Waals surface area contributed by atoms with Crippen molar-refractivity contribution < 1.29 is 48.3 Å². The van der Waals surface area contributed by atoms with Gasteiger partial charge in [-0.3, -0.25) is 19.2 Å². The molecule has 0 saturated heterocycles. The molecule has 2 atom stereocenters. The van der Waals surface area contributed by atoms with Crippen LogP contribution in [0.2, 0.25) is 0 Å². The average Bonchev–Trinajstić information content (AvgIpc) is 3.77. The smallest absolute Gasteiger partial charge is 0.307 e. The molecule has 0 heterocycles. The maximum Gasteiger partial charge on any atom is 0.307 e. The molecule has 0 fully saturated rings. The summed E-state index contributed by atoms with van der Waals surface area (Å²) in [4.78, 5) is 50.5. The van der Waals surface area contributed by atoms with E-state index >= 15 is 0 Å². The summed E-state index contributed by atoms with van der Waals surface area (Å²) in [6, 6.07) is 19.0. The number of carbonyl (C=O) groups excluding carboxylic acids is 2. The number of Topliss-reactive ketones (excluding diaryl/α,β-unsaturated/α-hetero) is 2. The van der Waals surface area contributed by atoms with Crippen LogP contribution < -0.4 is 18.9 Å². The summed E-state index contributed by atoms with van der Waals surface area (Å²) in [5.74, 6) is -1.22. The lowest BCUT2D eigenvalue weighted by Gasteiger charge is -2.30. The molecule has 0 bridgehead atoms. The van der Waals surface area contributed by atoms with Crippen LogP contribution in [0, 0.1) is 5.92 Å². The average molecular weight is 749 g/mol. The van der Waals surface area contributed by atoms with Crippen LogP contribution >= 0.6 is 0 Å². The zero-order valence-electron chi connectivity index (χ0n) is 31.9. The molecule has 2 aliphatic carbocycles. The van der Waals surface area contributed by atoms with E-state index in [1.54, 1.807) is 20.3 Å². The predicted octanol–water partition coefficient (Wildman–Crippen LogP) is 8.77. The highest BCUT2D eigenvalue weighted by Gasteiger charge is 2.36. The minimum Gasteiger partial charge on any atom is -0.493 e. The highest BCUT2D eigenvalue weighted by molar-refractivity contribution is 6.03. The summed E-state index contributed by atoms with van der Waals surface area (Å²) < 4.78 is 23.4. The SMILES string of the molecule is COc1ccc(-c2cccc3c2CCC3=O)c(CCCC(C(=O)O)C(CCCCC(=O)O)c2c(-c3cccc4c3CCC4=O)ccc(OC)c2OC)c1OC. The standard InChI is InChI=1S/C45H48O10/c1-52-39-24-20-30(26-11-7-13-31-28(26)18-22-37(31)46)35(43(39)54-3)15-9-16-36(45(50)51)33(10-5-6-17-41(48)49)42-34(21-25-40(53-2)44(42)55-4)27-12-8-14-32-29(27)19-23-38(32)47/h7-8,11-14,20-21,24-25,33,36H,5-6,9-10,15-19,22-23H2,1-4H3,(H,48,49)(H,50,51). The van der Waals surface area contributed by atoms with Crippen molar-refractivity contribution in [2.45, 2.75) is 76.5 Å². The third-order valence-electron chi connectivity index (χ3n) is 11.2. The van der Waals surface area contributed by atoms with Gasteiger partial charge in [-0.2, -0.15) is 0 Å². The van der Waals surface area contributed by atoms with E-state index in [-0.39, 0.29) is 24.4 Å². The van der Waals surface area contributed by atoms with Crippen LogP contribution in [0.5, 0.6) is 23.0 Å². The van der Waals surface area contributed by atoms with Crippen molar-refractivity contribution in [3.8, 4) is 45.3 Å². The van der Waals surface area contributed by atoms with Gasteiger partial charge < -0.3 is 29.2 Å². The number of methoxy groups -OCH3 is 4. The molecule has 4 aromatic carbocycles. The molecule has 288 valence electrons. The van der Waals surface area contributed by atoms with Gasteiger partial charge in [0.1, 0.15) is 0 Å². The van der Waals surface area contributed by atoms with E-state index in [1.807, 2.05) is 54.6 Å². The van der Waals surface area contributed by atoms with Gasteiger partial charge in [-0.15, -0.1) is 0 Å². The fraction of sp³-hybridized carbons (Fsp3) is 0.378. The lowest BCUT2D eigenvalue weighted by atomic mass is 9.75. The zero-order valence-corrected chi connectivity index (χ0v) is 31.9. The summed E-state index contributed by atoms with van der Waals surface area (Å²) >= 11 is 0. The summed E-state index contributed by atoms with van der Waals surface area (Å²) in [5, 5.41) is 20.5. The zero-order chi connectivity index (χ0) is 39.2. The highest BCUT2D eigenvalue weighted by atomic mass is 16.5. The topological polar surface area (TPSA) is 146 Å². The van der Waals surface area contributed by atoms with E-state index < -0.39 is 23.8 Å². The molecule has 2 aliphatic rings. The molecule has 2 N–H and O–H groups in total. The Labute approximate surface area is 321 Å². The van der Waals surface area contributed by atoms with E-state index in [9.17, 15) is 29.4 Å². The molecule has 0 aromatic heterocycles. The lowest BCUT2D eigenvalue weighted by Crippen LogP contribution is -2.24. The molecule has 10 heteroatoms. The highest BCUT2D eigenvalue weighted by Crippen LogP contribution is 2.50. The molecule has 0 radical (unpaired) electrons. The van der Waals surface area contributed by atoms with Crippen molar-refractivity contribution in [2.24, 2.45) is 5.92 Å². The minimum absolute atomic E-state index is 0.0337. The number of unbranched alkanes of at least 4 members (excludes halogenated alkanes) is 1. The Kier molecular flexibility index (Phi) is 12.2. The molecule has 0 saturated carbocycles. The summed E-state index contributed by atoms with van der Waals surface area (Å²) in [7, 11) is 6.23. The Balaban J connectivity index is 1.43. The monoisotopic (exact) mass is 748 g/mol. The van der Waals surface area contributed by atoms with Crippen molar-refractivity contribution in [2.75, 3.05) is 28.4 Å². The number of hydrogen-bond donors (Lipinski definition) is 2. The molecule has 6 rings (SSSR count). The maximum atomic E-state index is 13.5. The van der Waals surface area contributed by atoms with Crippen LogP contribution in [0.25, 0.3) is 22.3 Å². The van der Waals surface area contributed by atoms with Crippen molar-refractivity contribution in [3.05, 3.63) is 94.0 Å². The van der Waals surface area contributed by atoms with Gasteiger partial charge in [0.2, 0.25) is 0 Å². The molecule has 2 unspecified atom stereocenters. The first-order valence-electron chi connectivity index (χ1n) is 18.9. The minimum atomic E-state index is -0.982. The Morgan fingerprint density at radius 1 is 0.600 bits per heavy atom. The number of ether oxygens (including phenoxy) is 4. The van der Waals surface area contributed by atoms with E-state index in [2.05, 4.69) is 0 Å². The van der Waals surface area contributed by atoms with Crippen molar-refractivity contribution in [1.82, 2.24) is 0 Å². The summed E-state index contributed by atoms with van der Waals surface area (Å²) in [6.45, 7) is 0. The normalized spacial score (nSPS) is 14.3. The van der Waals surface area contributed by atoms with Crippen molar-refractivity contribution >= 4 is 23.5 Å². The number of hydrogen-bond acceptors (Lipinski definition) is 8. The number of carbonyl (C=O) groups is 4. The van der Waals surface area contributed by atoms with Crippen LogP contribution in [0.4, 0.5) is 0 Å². The molecular weight excluding hydrogens is 700 g/mol. The molecule has 55 heavy (non-hydrogen) atoms. The van der Waals surface area contributed by atoms with Crippen molar-refractivity contribution in [3.63, 3.8) is 0 Å². The second-order valence-corrected chi connectivity index (χ2v) is 14.2. The fourth-order valence-electron chi connectivity index (χ4n) is 8.71. The van der Waals surface area contributed by atoms with E-state index in [4.69, 9.17) is 18.9 Å². The Morgan fingerprint density at radius 3 is 1.69 bits per heavy atom. The largest absolute Gasteiger partial charge is 0.493 e. The number of benzene rings is 4. The van der Waals surface area contributed by atoms with Crippen molar-refractivity contribution in [1.29, 1.82) is 0 Å². The first-order valence-corrected chi connectivity index (χ1v) is 18.9. The van der Waals surface area contributed by atoms with Crippen LogP contribution in [0.1, 0.15) is 100 Å². The Hall–Kier alpha value is -5.64. The second-order valence-electron chi connectivity index (χ2n) is 14.2. The van der Waals surface area contributed by atoms with E-state index in [1.165, 1.54) is 14.2 Å². The number of carboxylic acid groups (broad SMARTS) is 2. The number of rotatable bonds is 18. The van der Waals surface area contributed by atoms with Gasteiger partial charge in [-0.25, -0.2) is 0 Å². The van der Waals surface area contributed by atoms with Gasteiger partial charge in [0.05, 0.1) is 34.4 Å². The number of ketones is 2. The van der Waals surface area contributed by atoms with Gasteiger partial charge in [0.25, 0.3) is 0 Å². The van der Waals surface area contributed by atoms with Crippen LogP contribution in [0.15, 0.2) is 60.7 Å². The first-order chi connectivity index (χ1) is 26.6. The summed E-state index contributed by atoms with van der Waals surface area (Å²) in [5.41, 5.74) is 8.31. The number of carboxylic acids is 2. The molecule has 4 aromatic rings. The number of fused-ring (bicyclic) bond motifs is 2. The number of aliphatic carboxylic acids is 2. The van der Waals surface area contributed by atoms with E-state index in [0.29, 0.717) is 91.9 Å². The van der Waals surface area contributed by atoms with Gasteiger partial charge in [-0.1, -0.05) is 55.0 Å². The molecular formula is C45H48O10.